The average molecular weight is 644 g/mol. The van der Waals surface area contributed by atoms with E-state index in [1.807, 2.05) is 37.3 Å². The SMILES string of the molecule is CO[C@@]1(CC=O)/C=C/C[C@H](C)[C@@H](C)S(=O)(=O)NC(=O)c2ccc3c(n2)N(CCCCc2cc(Cl)ccc2CO3)C[C@@H]2CC[C@H]21. The van der Waals surface area contributed by atoms with E-state index in [0.29, 0.717) is 42.7 Å². The Balaban J connectivity index is 1.58. The molecular weight excluding hydrogens is 602 g/mol. The Bertz CT molecular complexity index is 1510. The fraction of sp³-hybridized carbons (Fsp3) is 0.545. The Morgan fingerprint density at radius 1 is 1.18 bits per heavy atom. The number of nitrogens with zero attached hydrogens (tertiary/aromatic N) is 2. The summed E-state index contributed by atoms with van der Waals surface area (Å²) in [5.41, 5.74) is 1.39. The lowest BCUT2D eigenvalue weighted by molar-refractivity contribution is -0.120. The van der Waals surface area contributed by atoms with Crippen LogP contribution in [0.15, 0.2) is 42.5 Å². The number of nitrogens with one attached hydrogen (secondary N) is 1. The number of anilines is 1. The Morgan fingerprint density at radius 3 is 2.73 bits per heavy atom. The van der Waals surface area contributed by atoms with Gasteiger partial charge in [0.05, 0.1) is 10.9 Å². The number of rotatable bonds is 3. The standard InChI is InChI=1S/C33H42ClN3O6S/c1-22-7-6-15-33(42-3,16-18-38)28-12-10-25(28)20-37-17-5-4-8-24-19-27(34)11-9-26(24)21-43-30-14-13-29(35-31(30)37)32(39)36-44(40,41)23(22)2/h6,9,11,13-15,18-19,22-23,25,28H,4-5,7-8,10,12,16-17,20-21H2,1-3H3,(H,36,39)/b15-6+/t22-,23+,25-,28+,33+/m0/s1. The molecule has 1 fully saturated rings. The van der Waals surface area contributed by atoms with Crippen molar-refractivity contribution in [2.75, 3.05) is 25.1 Å². The monoisotopic (exact) mass is 643 g/mol. The number of halogens is 1. The number of methoxy groups -OCH3 is 1. The van der Waals surface area contributed by atoms with Crippen LogP contribution in [0, 0.1) is 17.8 Å². The summed E-state index contributed by atoms with van der Waals surface area (Å²) in [7, 11) is -2.36. The number of hydrogen-bond acceptors (Lipinski definition) is 8. The van der Waals surface area contributed by atoms with Crippen LogP contribution >= 0.6 is 11.6 Å². The predicted molar refractivity (Wildman–Crippen MR) is 171 cm³/mol. The van der Waals surface area contributed by atoms with Crippen molar-refractivity contribution >= 4 is 39.6 Å². The second kappa shape index (κ2) is 13.6. The minimum absolute atomic E-state index is 0.00664. The number of aldehydes is 1. The van der Waals surface area contributed by atoms with Crippen molar-refractivity contribution < 1.29 is 27.5 Å². The third kappa shape index (κ3) is 6.82. The first-order chi connectivity index (χ1) is 21.1. The molecule has 5 rings (SSSR count). The van der Waals surface area contributed by atoms with E-state index in [0.717, 1.165) is 49.5 Å². The number of amides is 1. The van der Waals surface area contributed by atoms with E-state index < -0.39 is 26.8 Å². The van der Waals surface area contributed by atoms with E-state index in [4.69, 9.17) is 26.1 Å². The summed E-state index contributed by atoms with van der Waals surface area (Å²) in [6, 6.07) is 9.03. The molecule has 1 aliphatic carbocycles. The topological polar surface area (TPSA) is 115 Å². The molecule has 11 heteroatoms. The number of benzene rings is 1. The third-order valence-corrected chi connectivity index (χ3v) is 11.9. The van der Waals surface area contributed by atoms with Crippen LogP contribution in [0.5, 0.6) is 5.75 Å². The zero-order chi connectivity index (χ0) is 31.5. The van der Waals surface area contributed by atoms with E-state index in [2.05, 4.69) is 9.62 Å². The maximum Gasteiger partial charge on any atom is 0.283 e. The Labute approximate surface area is 265 Å². The lowest BCUT2D eigenvalue weighted by Gasteiger charge is -2.49. The van der Waals surface area contributed by atoms with Crippen molar-refractivity contribution in [2.24, 2.45) is 17.8 Å². The molecule has 0 spiro atoms. The van der Waals surface area contributed by atoms with E-state index in [1.165, 1.54) is 6.07 Å². The minimum Gasteiger partial charge on any atom is -0.485 e. The summed E-state index contributed by atoms with van der Waals surface area (Å²) in [4.78, 5) is 32.1. The first-order valence-corrected chi connectivity index (χ1v) is 17.4. The number of hydrogen-bond donors (Lipinski definition) is 1. The zero-order valence-electron chi connectivity index (χ0n) is 25.6. The summed E-state index contributed by atoms with van der Waals surface area (Å²) in [5.74, 6) is 0.234. The third-order valence-electron chi connectivity index (χ3n) is 9.76. The highest BCUT2D eigenvalue weighted by atomic mass is 35.5. The number of sulfonamides is 1. The maximum atomic E-state index is 13.3. The van der Waals surface area contributed by atoms with Crippen LogP contribution < -0.4 is 14.4 Å². The van der Waals surface area contributed by atoms with Gasteiger partial charge in [-0.3, -0.25) is 4.79 Å². The number of allylic oxidation sites excluding steroid dienone is 1. The molecular formula is C33H42ClN3O6S. The Kier molecular flexibility index (Phi) is 10.0. The van der Waals surface area contributed by atoms with Gasteiger partial charge < -0.3 is 19.2 Å². The fourth-order valence-corrected chi connectivity index (χ4v) is 8.14. The van der Waals surface area contributed by atoms with E-state index in [9.17, 15) is 18.0 Å². The molecule has 3 aliphatic rings. The Morgan fingerprint density at radius 2 is 2.00 bits per heavy atom. The van der Waals surface area contributed by atoms with Crippen LogP contribution in [0.3, 0.4) is 0 Å². The summed E-state index contributed by atoms with van der Waals surface area (Å²) in [5, 5.41) is -0.167. The smallest absolute Gasteiger partial charge is 0.283 e. The first kappa shape index (κ1) is 32.4. The van der Waals surface area contributed by atoms with Crippen molar-refractivity contribution in [3.8, 4) is 5.75 Å². The summed E-state index contributed by atoms with van der Waals surface area (Å²) < 4.78 is 41.2. The highest BCUT2D eigenvalue weighted by Crippen LogP contribution is 2.47. The van der Waals surface area contributed by atoms with E-state index in [-0.39, 0.29) is 29.9 Å². The number of aromatic nitrogens is 1. The van der Waals surface area contributed by atoms with Gasteiger partial charge in [-0.05, 0) is 98.6 Å². The summed E-state index contributed by atoms with van der Waals surface area (Å²) >= 11 is 6.31. The molecule has 1 N–H and O–H groups in total. The van der Waals surface area contributed by atoms with Gasteiger partial charge in [-0.1, -0.05) is 36.7 Å². The van der Waals surface area contributed by atoms with E-state index >= 15 is 0 Å². The number of ether oxygens (including phenoxy) is 2. The normalized spacial score (nSPS) is 29.8. The lowest BCUT2D eigenvalue weighted by atomic mass is 9.63. The molecule has 0 radical (unpaired) electrons. The van der Waals surface area contributed by atoms with Crippen LogP contribution in [0.2, 0.25) is 5.02 Å². The van der Waals surface area contributed by atoms with Crippen LogP contribution in [-0.2, 0) is 32.6 Å². The molecule has 1 aromatic carbocycles. The summed E-state index contributed by atoms with van der Waals surface area (Å²) in [6.07, 6.45) is 9.94. The second-order valence-electron chi connectivity index (χ2n) is 12.4. The van der Waals surface area contributed by atoms with Crippen LogP contribution in [-0.4, -0.2) is 56.6 Å². The van der Waals surface area contributed by atoms with Gasteiger partial charge in [0, 0.05) is 31.6 Å². The number of pyridine rings is 1. The second-order valence-corrected chi connectivity index (χ2v) is 14.9. The number of carbonyl (C=O) groups is 2. The lowest BCUT2D eigenvalue weighted by Crippen LogP contribution is -2.51. The molecule has 44 heavy (non-hydrogen) atoms. The van der Waals surface area contributed by atoms with Crippen molar-refractivity contribution in [2.45, 2.75) is 76.3 Å². The molecule has 5 atom stereocenters. The van der Waals surface area contributed by atoms with Crippen molar-refractivity contribution in [3.63, 3.8) is 0 Å². The highest BCUT2D eigenvalue weighted by Gasteiger charge is 2.47. The average Bonchev–Trinajstić information content (AvgIpc) is 3.01. The number of aryl methyl sites for hydroxylation is 1. The van der Waals surface area contributed by atoms with Crippen molar-refractivity contribution in [1.29, 1.82) is 0 Å². The number of fused-ring (bicyclic) bond motifs is 3. The molecule has 2 aliphatic heterocycles. The van der Waals surface area contributed by atoms with Crippen LogP contribution in [0.25, 0.3) is 0 Å². The number of carbonyl (C=O) groups excluding carboxylic acids is 2. The van der Waals surface area contributed by atoms with Gasteiger partial charge in [0.15, 0.2) is 11.6 Å². The van der Waals surface area contributed by atoms with Crippen molar-refractivity contribution in [1.82, 2.24) is 9.71 Å². The molecule has 1 aromatic heterocycles. The minimum atomic E-state index is -4.01. The molecule has 3 heterocycles. The fourth-order valence-electron chi connectivity index (χ4n) is 6.67. The van der Waals surface area contributed by atoms with Gasteiger partial charge in [0.25, 0.3) is 5.91 Å². The largest absolute Gasteiger partial charge is 0.485 e. The molecule has 1 saturated carbocycles. The van der Waals surface area contributed by atoms with Gasteiger partial charge in [0.2, 0.25) is 10.0 Å². The molecule has 2 aromatic rings. The highest BCUT2D eigenvalue weighted by molar-refractivity contribution is 7.90. The van der Waals surface area contributed by atoms with Gasteiger partial charge in [-0.15, -0.1) is 0 Å². The molecule has 238 valence electrons. The Hall–Kier alpha value is -2.95. The quantitative estimate of drug-likeness (QED) is 0.344. The van der Waals surface area contributed by atoms with E-state index in [1.54, 1.807) is 20.1 Å². The molecule has 2 bridgehead atoms. The van der Waals surface area contributed by atoms with Gasteiger partial charge in [0.1, 0.15) is 18.6 Å². The maximum absolute atomic E-state index is 13.3. The predicted octanol–water partition coefficient (Wildman–Crippen LogP) is 5.50. The molecule has 0 unspecified atom stereocenters. The van der Waals surface area contributed by atoms with Gasteiger partial charge in [-0.2, -0.15) is 0 Å². The first-order valence-electron chi connectivity index (χ1n) is 15.5. The van der Waals surface area contributed by atoms with Crippen LogP contribution in [0.4, 0.5) is 5.82 Å². The van der Waals surface area contributed by atoms with Gasteiger partial charge in [-0.25, -0.2) is 18.1 Å². The summed E-state index contributed by atoms with van der Waals surface area (Å²) in [6.45, 7) is 5.01. The van der Waals surface area contributed by atoms with Crippen LogP contribution in [0.1, 0.15) is 74.0 Å². The molecule has 0 saturated heterocycles. The molecule has 1 amide bonds. The molecule has 9 nitrogen and oxygen atoms in total. The van der Waals surface area contributed by atoms with Gasteiger partial charge >= 0.3 is 0 Å². The zero-order valence-corrected chi connectivity index (χ0v) is 27.2. The van der Waals surface area contributed by atoms with Crippen molar-refractivity contribution in [3.05, 3.63) is 64.3 Å².